The Morgan fingerprint density at radius 1 is 0.430 bits per heavy atom. The van der Waals surface area contributed by atoms with Crippen LogP contribution in [0.2, 0.25) is 15.1 Å². The predicted octanol–water partition coefficient (Wildman–Crippen LogP) is 12.8. The molecule has 0 bridgehead atoms. The number of rotatable bonds is 22. The Balaban J connectivity index is 0.000000199. The summed E-state index contributed by atoms with van der Waals surface area (Å²) in [4.78, 5) is 64.6. The fraction of sp³-hybridized carbons (Fsp3) is 0.206. The van der Waals surface area contributed by atoms with Gasteiger partial charge >= 0.3 is 0 Å². The first-order chi connectivity index (χ1) is 49.8. The molecule has 4 amide bonds. The van der Waals surface area contributed by atoms with Gasteiger partial charge in [-0.1, -0.05) is 46.9 Å². The number of anilines is 8. The number of hydrogen-bond acceptors (Lipinski definition) is 18. The Bertz CT molecular complexity index is 5270. The predicted molar refractivity (Wildman–Crippen MR) is 394 cm³/mol. The minimum Gasteiger partial charge on any atom is -0.389 e. The third-order valence-electron chi connectivity index (χ3n) is 14.2. The number of nitrogens with one attached hydrogen (secondary N) is 8. The molecule has 4 aromatic heterocycles. The summed E-state index contributed by atoms with van der Waals surface area (Å²) in [6, 6.07) is 29.6. The van der Waals surface area contributed by atoms with Gasteiger partial charge in [-0.05, 0) is 187 Å². The quantitative estimate of drug-likeness (QED) is 0.0282. The van der Waals surface area contributed by atoms with Crippen LogP contribution in [0.25, 0.3) is 0 Å². The zero-order valence-corrected chi connectivity index (χ0v) is 62.1. The molecule has 10 rings (SSSR count). The lowest BCUT2D eigenvalue weighted by Crippen LogP contribution is -2.45. The van der Waals surface area contributed by atoms with Crippen LogP contribution in [0.15, 0.2) is 170 Å². The van der Waals surface area contributed by atoms with Crippen LogP contribution in [0, 0.1) is 34.9 Å². The normalized spacial score (nSPS) is 12.6. The Labute approximate surface area is 625 Å². The van der Waals surface area contributed by atoms with Crippen molar-refractivity contribution in [1.82, 2.24) is 19.9 Å². The summed E-state index contributed by atoms with van der Waals surface area (Å²) in [5, 5.41) is 29.3. The van der Waals surface area contributed by atoms with E-state index in [0.717, 1.165) is 48.9 Å². The summed E-state index contributed by atoms with van der Waals surface area (Å²) >= 11 is 17.0. The minimum absolute atomic E-state index is 0.0275. The van der Waals surface area contributed by atoms with E-state index in [9.17, 15) is 89.4 Å². The van der Waals surface area contributed by atoms with Crippen molar-refractivity contribution in [3.8, 4) is 0 Å². The van der Waals surface area contributed by atoms with Crippen LogP contribution in [0.1, 0.15) is 101 Å². The number of pyridine rings is 4. The number of amides is 4. The van der Waals surface area contributed by atoms with Gasteiger partial charge in [-0.25, -0.2) is 79.9 Å². The average molecular weight is 1620 g/mol. The van der Waals surface area contributed by atoms with E-state index in [4.69, 9.17) is 34.8 Å². The molecule has 39 heteroatoms. The molecular weight excluding hydrogens is 1560 g/mol. The molecule has 10 N–H and O–H groups in total. The lowest BCUT2D eigenvalue weighted by Gasteiger charge is -2.35. The van der Waals surface area contributed by atoms with Gasteiger partial charge in [-0.3, -0.25) is 38.1 Å². The standard InChI is InChI=1S/C19H14F3N3O3S.C17H17ClFN3O4S.C16H17ClFN3O4S.C16H17ClFN3O3S/c20-14-3-1-12(2-4-14)11-29(27,28)25-18-9-13(7-8-23-18)19(26)24-15-5-6-16(21)17(22)10-15;18-13-9-12(2-3-14(13)19)21-16(23)11-4-7-20-15(8-11)22-27(25,26)10-17(24)5-1-6-17;1-16(2,23)9-26(24,25)21-14-7-10(5-6-19-14)15(22)20-11-3-4-13(18)12(17)8-11;1-16(2,3)25(23,24)21-14-8-10(6-7-19-14)15(22)20-11-4-5-13(18)12(17)9-11/h1-10H,11H2,(H,23,25)(H,24,26);2-4,7-9,24H,1,5-6,10H2,(H,20,22)(H,21,23);3-8,23H,9H2,1-2H3,(H,19,21)(H,20,22);4-9H,1-3H3,(H,19,21)(H,20,22). The smallest absolute Gasteiger partial charge is 0.255 e. The van der Waals surface area contributed by atoms with Crippen molar-refractivity contribution in [2.45, 2.75) is 75.6 Å². The van der Waals surface area contributed by atoms with E-state index in [1.807, 2.05) is 0 Å². The topological polar surface area (TPSA) is 393 Å². The number of carbonyl (C=O) groups is 4. The van der Waals surface area contributed by atoms with Gasteiger partial charge in [-0.15, -0.1) is 0 Å². The Morgan fingerprint density at radius 2 is 0.757 bits per heavy atom. The first-order valence-corrected chi connectivity index (χ1v) is 38.5. The summed E-state index contributed by atoms with van der Waals surface area (Å²) in [6.07, 6.45) is 6.72. The Kier molecular flexibility index (Phi) is 28.0. The van der Waals surface area contributed by atoms with E-state index in [1.165, 1.54) is 142 Å². The number of aromatic nitrogens is 4. The number of benzene rings is 5. The monoisotopic (exact) mass is 1620 g/mol. The summed E-state index contributed by atoms with van der Waals surface area (Å²) in [7, 11) is -15.2. The van der Waals surface area contributed by atoms with Crippen LogP contribution >= 0.6 is 34.8 Å². The first kappa shape index (κ1) is 84.2. The highest BCUT2D eigenvalue weighted by atomic mass is 35.5. The van der Waals surface area contributed by atoms with Crippen LogP contribution in [-0.2, 0) is 45.8 Å². The minimum atomic E-state index is -3.87. The number of carbonyl (C=O) groups excluding carboxylic acids is 4. The maximum atomic E-state index is 13.2. The van der Waals surface area contributed by atoms with E-state index in [-0.39, 0.29) is 77.7 Å². The van der Waals surface area contributed by atoms with E-state index >= 15 is 0 Å². The van der Waals surface area contributed by atoms with Crippen LogP contribution in [0.3, 0.4) is 0 Å². The lowest BCUT2D eigenvalue weighted by molar-refractivity contribution is -0.0113. The highest BCUT2D eigenvalue weighted by Crippen LogP contribution is 2.33. The van der Waals surface area contributed by atoms with Gasteiger partial charge in [0.1, 0.15) is 46.5 Å². The number of halogens is 9. The van der Waals surface area contributed by atoms with E-state index in [2.05, 4.69) is 60.1 Å². The number of nitrogens with zero attached hydrogens (tertiary/aromatic N) is 4. The van der Waals surface area contributed by atoms with Gasteiger partial charge in [0.25, 0.3) is 23.6 Å². The second-order valence-electron chi connectivity index (χ2n) is 24.9. The molecule has 5 aromatic carbocycles. The van der Waals surface area contributed by atoms with Gasteiger partial charge in [0.2, 0.25) is 40.1 Å². The SMILES string of the molecule is CC(C)(C)S(=O)(=O)Nc1cc(C(=O)Nc2ccc(F)c(Cl)c2)ccn1.CC(C)(O)CS(=O)(=O)Nc1cc(C(=O)Nc2ccc(F)c(Cl)c2)ccn1.O=C(Nc1ccc(F)c(Cl)c1)c1ccnc(NS(=O)(=O)CC2(O)CCC2)c1.O=C(Nc1ccc(F)c(F)c1)c1ccnc(NS(=O)(=O)Cc2ccc(F)cc2)c1. The fourth-order valence-electron chi connectivity index (χ4n) is 8.84. The second-order valence-corrected chi connectivity index (χ2v) is 33.7. The maximum absolute atomic E-state index is 13.2. The largest absolute Gasteiger partial charge is 0.389 e. The zero-order chi connectivity index (χ0) is 79.0. The number of aliphatic hydroxyl groups is 2. The van der Waals surface area contributed by atoms with Crippen molar-refractivity contribution in [3.05, 3.63) is 248 Å². The van der Waals surface area contributed by atoms with Crippen molar-refractivity contribution in [2.75, 3.05) is 51.7 Å². The maximum Gasteiger partial charge on any atom is 0.255 e. The van der Waals surface area contributed by atoms with Crippen molar-refractivity contribution in [2.24, 2.45) is 0 Å². The average Bonchev–Trinajstić information content (AvgIpc) is 0.805. The Morgan fingerprint density at radius 3 is 1.07 bits per heavy atom. The third kappa shape index (κ3) is 26.7. The second kappa shape index (κ2) is 35.6. The molecule has 1 aliphatic rings. The molecule has 0 radical (unpaired) electrons. The molecule has 9 aromatic rings. The summed E-state index contributed by atoms with van der Waals surface area (Å²) in [5.74, 6) is -8.32. The molecule has 1 saturated carbocycles. The lowest BCUT2D eigenvalue weighted by atomic mass is 9.82. The van der Waals surface area contributed by atoms with E-state index in [1.54, 1.807) is 20.8 Å². The van der Waals surface area contributed by atoms with Crippen LogP contribution < -0.4 is 40.2 Å². The third-order valence-corrected chi connectivity index (χ3v) is 21.4. The highest BCUT2D eigenvalue weighted by Gasteiger charge is 2.39. The molecular formula is C68H65Cl3F6N12O14S4. The molecule has 26 nitrogen and oxygen atoms in total. The molecule has 1 fully saturated rings. The summed E-state index contributed by atoms with van der Waals surface area (Å²) in [5.41, 5.74) is -0.857. The Hall–Kier alpha value is -10.1. The number of hydrogen-bond donors (Lipinski definition) is 10. The van der Waals surface area contributed by atoms with Gasteiger partial charge in [0, 0.05) is 75.9 Å². The summed E-state index contributed by atoms with van der Waals surface area (Å²) < 4.78 is 184. The summed E-state index contributed by atoms with van der Waals surface area (Å²) in [6.45, 7) is 7.35. The molecule has 0 spiro atoms. The molecule has 0 unspecified atom stereocenters. The van der Waals surface area contributed by atoms with Gasteiger partial charge < -0.3 is 31.5 Å². The fourth-order valence-corrected chi connectivity index (χ4v) is 14.1. The van der Waals surface area contributed by atoms with Crippen molar-refractivity contribution >= 4 is 145 Å². The van der Waals surface area contributed by atoms with Crippen LogP contribution in [-0.4, -0.2) is 115 Å². The first-order valence-electron chi connectivity index (χ1n) is 31.0. The molecule has 568 valence electrons. The zero-order valence-electron chi connectivity index (χ0n) is 56.5. The van der Waals surface area contributed by atoms with Crippen molar-refractivity contribution in [1.29, 1.82) is 0 Å². The van der Waals surface area contributed by atoms with Crippen molar-refractivity contribution < 1.29 is 89.4 Å². The number of sulfonamides is 4. The van der Waals surface area contributed by atoms with Gasteiger partial charge in [0.05, 0.1) is 48.3 Å². The molecule has 0 saturated heterocycles. The molecule has 4 heterocycles. The van der Waals surface area contributed by atoms with Gasteiger partial charge in [0.15, 0.2) is 11.6 Å². The van der Waals surface area contributed by atoms with E-state index < -0.39 is 132 Å². The molecule has 0 atom stereocenters. The highest BCUT2D eigenvalue weighted by molar-refractivity contribution is 7.94. The molecule has 0 aliphatic heterocycles. The van der Waals surface area contributed by atoms with Crippen LogP contribution in [0.5, 0.6) is 0 Å². The molecule has 107 heavy (non-hydrogen) atoms. The van der Waals surface area contributed by atoms with Gasteiger partial charge in [-0.2, -0.15) is 0 Å². The van der Waals surface area contributed by atoms with E-state index in [0.29, 0.717) is 24.1 Å². The van der Waals surface area contributed by atoms with Crippen LogP contribution in [0.4, 0.5) is 72.4 Å². The van der Waals surface area contributed by atoms with Crippen molar-refractivity contribution in [3.63, 3.8) is 0 Å². The molecule has 1 aliphatic carbocycles.